The normalized spacial score (nSPS) is 14.3. The molecule has 0 aromatic heterocycles. The molecule has 0 radical (unpaired) electrons. The van der Waals surface area contributed by atoms with Gasteiger partial charge in [-0.25, -0.2) is 0 Å². The monoisotopic (exact) mass is 312 g/mol. The van der Waals surface area contributed by atoms with Crippen LogP contribution >= 0.6 is 15.9 Å². The van der Waals surface area contributed by atoms with Crippen LogP contribution in [0.25, 0.3) is 0 Å². The van der Waals surface area contributed by atoms with E-state index in [1.807, 2.05) is 6.92 Å². The lowest BCUT2D eigenvalue weighted by atomic mass is 10.1. The van der Waals surface area contributed by atoms with E-state index in [1.165, 1.54) is 17.7 Å². The molecule has 1 rings (SSSR count). The zero-order valence-corrected chi connectivity index (χ0v) is 13.5. The fourth-order valence-corrected chi connectivity index (χ4v) is 2.73. The molecule has 0 bridgehead atoms. The second-order valence-corrected chi connectivity index (χ2v) is 5.90. The highest BCUT2D eigenvalue weighted by molar-refractivity contribution is 9.10. The predicted octanol–water partition coefficient (Wildman–Crippen LogP) is 4.34. The van der Waals surface area contributed by atoms with E-state index < -0.39 is 0 Å². The quantitative estimate of drug-likeness (QED) is 0.846. The number of hydrogen-bond donors (Lipinski definition) is 1. The van der Waals surface area contributed by atoms with Gasteiger partial charge in [-0.1, -0.05) is 42.3 Å². The number of halogens is 1. The van der Waals surface area contributed by atoms with Crippen LogP contribution in [0.1, 0.15) is 45.7 Å². The number of hydrogen-bond acceptors (Lipinski definition) is 2. The summed E-state index contributed by atoms with van der Waals surface area (Å²) in [6, 6.07) is 6.56. The van der Waals surface area contributed by atoms with Gasteiger partial charge in [-0.3, -0.25) is 0 Å². The van der Waals surface area contributed by atoms with E-state index in [2.05, 4.69) is 59.8 Å². The van der Waals surface area contributed by atoms with Crippen LogP contribution < -0.4 is 10.6 Å². The topological polar surface area (TPSA) is 29.3 Å². The van der Waals surface area contributed by atoms with Crippen molar-refractivity contribution in [3.8, 4) is 0 Å². The molecule has 0 saturated heterocycles. The zero-order chi connectivity index (χ0) is 13.7. The maximum Gasteiger partial charge on any atom is 0.0377 e. The second-order valence-electron chi connectivity index (χ2n) is 5.05. The molecule has 0 aliphatic carbocycles. The fourth-order valence-electron chi connectivity index (χ4n) is 2.00. The molecule has 0 fully saturated rings. The van der Waals surface area contributed by atoms with Crippen LogP contribution in [0.5, 0.6) is 0 Å². The highest BCUT2D eigenvalue weighted by atomic mass is 79.9. The van der Waals surface area contributed by atoms with Gasteiger partial charge in [-0.2, -0.15) is 0 Å². The van der Waals surface area contributed by atoms with Gasteiger partial charge in [0.1, 0.15) is 0 Å². The minimum absolute atomic E-state index is 0.0677. The van der Waals surface area contributed by atoms with Crippen molar-refractivity contribution < 1.29 is 0 Å². The average molecular weight is 313 g/mol. The number of benzene rings is 1. The first-order chi connectivity index (χ1) is 8.49. The molecule has 1 unspecified atom stereocenters. The Kier molecular flexibility index (Phi) is 6.16. The van der Waals surface area contributed by atoms with E-state index in [-0.39, 0.29) is 6.04 Å². The maximum atomic E-state index is 5.93. The maximum absolute atomic E-state index is 5.93. The highest BCUT2D eigenvalue weighted by Gasteiger charge is 2.11. The van der Waals surface area contributed by atoms with Crippen LogP contribution in [-0.2, 0) is 0 Å². The third-order valence-corrected chi connectivity index (χ3v) is 4.14. The first kappa shape index (κ1) is 15.5. The minimum Gasteiger partial charge on any atom is -0.372 e. The van der Waals surface area contributed by atoms with E-state index in [9.17, 15) is 0 Å². The largest absolute Gasteiger partial charge is 0.372 e. The van der Waals surface area contributed by atoms with Crippen LogP contribution in [0.2, 0.25) is 0 Å². The molecule has 1 aromatic rings. The number of nitrogens with zero attached hydrogens (tertiary/aromatic N) is 1. The van der Waals surface area contributed by atoms with Gasteiger partial charge in [0.15, 0.2) is 0 Å². The third kappa shape index (κ3) is 3.99. The van der Waals surface area contributed by atoms with Gasteiger partial charge >= 0.3 is 0 Å². The molecular weight excluding hydrogens is 288 g/mol. The summed E-state index contributed by atoms with van der Waals surface area (Å²) in [7, 11) is 0. The summed E-state index contributed by atoms with van der Waals surface area (Å²) < 4.78 is 1.11. The molecule has 0 aliphatic heterocycles. The standard InChI is InChI=1S/C15H25BrN2/c1-5-11(3)10-18(6-2)13-7-8-14(12(4)17)15(16)9-13/h7-9,11-12H,5-6,10,17H2,1-4H3/t11?,12-/m1/s1. The van der Waals surface area contributed by atoms with Crippen molar-refractivity contribution >= 4 is 21.6 Å². The summed E-state index contributed by atoms with van der Waals surface area (Å²) in [5.74, 6) is 0.719. The van der Waals surface area contributed by atoms with Crippen molar-refractivity contribution in [1.29, 1.82) is 0 Å². The lowest BCUT2D eigenvalue weighted by molar-refractivity contribution is 0.548. The van der Waals surface area contributed by atoms with Gasteiger partial charge in [0.2, 0.25) is 0 Å². The van der Waals surface area contributed by atoms with Crippen molar-refractivity contribution in [3.63, 3.8) is 0 Å². The summed E-state index contributed by atoms with van der Waals surface area (Å²) in [4.78, 5) is 2.42. The number of rotatable bonds is 6. The molecule has 0 heterocycles. The highest BCUT2D eigenvalue weighted by Crippen LogP contribution is 2.28. The predicted molar refractivity (Wildman–Crippen MR) is 84.1 cm³/mol. The van der Waals surface area contributed by atoms with Crippen LogP contribution in [-0.4, -0.2) is 13.1 Å². The fraction of sp³-hybridized carbons (Fsp3) is 0.600. The summed E-state index contributed by atoms with van der Waals surface area (Å²) in [6.07, 6.45) is 1.22. The van der Waals surface area contributed by atoms with Crippen molar-refractivity contribution in [2.24, 2.45) is 11.7 Å². The van der Waals surface area contributed by atoms with Gasteiger partial charge in [-0.05, 0) is 37.5 Å². The van der Waals surface area contributed by atoms with Crippen molar-refractivity contribution in [1.82, 2.24) is 0 Å². The molecule has 2 N–H and O–H groups in total. The molecule has 2 nitrogen and oxygen atoms in total. The number of nitrogens with two attached hydrogens (primary N) is 1. The molecule has 2 atom stereocenters. The van der Waals surface area contributed by atoms with Crippen molar-refractivity contribution in [3.05, 3.63) is 28.2 Å². The SMILES string of the molecule is CCC(C)CN(CC)c1ccc([C@@H](C)N)c(Br)c1. The van der Waals surface area contributed by atoms with E-state index in [1.54, 1.807) is 0 Å². The van der Waals surface area contributed by atoms with Gasteiger partial charge in [0, 0.05) is 29.3 Å². The molecule has 0 saturated carbocycles. The van der Waals surface area contributed by atoms with Crippen molar-refractivity contribution in [2.75, 3.05) is 18.0 Å². The first-order valence-electron chi connectivity index (χ1n) is 6.79. The van der Waals surface area contributed by atoms with Crippen LogP contribution in [0.4, 0.5) is 5.69 Å². The van der Waals surface area contributed by atoms with Gasteiger partial charge < -0.3 is 10.6 Å². The van der Waals surface area contributed by atoms with Crippen LogP contribution in [0, 0.1) is 5.92 Å². The zero-order valence-electron chi connectivity index (χ0n) is 11.9. The lowest BCUT2D eigenvalue weighted by Gasteiger charge is -2.27. The minimum atomic E-state index is 0.0677. The summed E-state index contributed by atoms with van der Waals surface area (Å²) in [5.41, 5.74) is 8.37. The Morgan fingerprint density at radius 1 is 1.28 bits per heavy atom. The third-order valence-electron chi connectivity index (χ3n) is 3.45. The molecule has 0 spiro atoms. The molecule has 0 amide bonds. The lowest BCUT2D eigenvalue weighted by Crippen LogP contribution is -2.28. The number of anilines is 1. The molecule has 0 aliphatic rings. The molecule has 3 heteroatoms. The van der Waals surface area contributed by atoms with E-state index in [0.717, 1.165) is 23.5 Å². The smallest absolute Gasteiger partial charge is 0.0377 e. The van der Waals surface area contributed by atoms with Gasteiger partial charge in [0.05, 0.1) is 0 Å². The Morgan fingerprint density at radius 2 is 1.94 bits per heavy atom. The van der Waals surface area contributed by atoms with Crippen LogP contribution in [0.3, 0.4) is 0 Å². The van der Waals surface area contributed by atoms with E-state index >= 15 is 0 Å². The Morgan fingerprint density at radius 3 is 2.39 bits per heavy atom. The summed E-state index contributed by atoms with van der Waals surface area (Å²) >= 11 is 3.62. The Bertz CT molecular complexity index is 377. The average Bonchev–Trinajstić information content (AvgIpc) is 2.34. The van der Waals surface area contributed by atoms with Gasteiger partial charge in [-0.15, -0.1) is 0 Å². The molecular formula is C15H25BrN2. The Balaban J connectivity index is 2.90. The van der Waals surface area contributed by atoms with Crippen molar-refractivity contribution in [2.45, 2.75) is 40.2 Å². The van der Waals surface area contributed by atoms with E-state index in [0.29, 0.717) is 0 Å². The molecule has 102 valence electrons. The van der Waals surface area contributed by atoms with E-state index in [4.69, 9.17) is 5.73 Å². The first-order valence-corrected chi connectivity index (χ1v) is 7.58. The van der Waals surface area contributed by atoms with Gasteiger partial charge in [0.25, 0.3) is 0 Å². The Hall–Kier alpha value is -0.540. The van der Waals surface area contributed by atoms with Crippen LogP contribution in [0.15, 0.2) is 22.7 Å². The molecule has 18 heavy (non-hydrogen) atoms. The molecule has 1 aromatic carbocycles. The summed E-state index contributed by atoms with van der Waals surface area (Å²) in [6.45, 7) is 10.9. The second kappa shape index (κ2) is 7.15. The summed E-state index contributed by atoms with van der Waals surface area (Å²) in [5, 5.41) is 0. The Labute approximate surface area is 120 Å².